The average molecular weight is 480 g/mol. The van der Waals surface area contributed by atoms with E-state index in [9.17, 15) is 9.59 Å². The number of carbonyl (C=O) groups is 2. The summed E-state index contributed by atoms with van der Waals surface area (Å²) >= 11 is 0. The highest BCUT2D eigenvalue weighted by molar-refractivity contribution is 6.04. The van der Waals surface area contributed by atoms with Crippen LogP contribution in [0.2, 0.25) is 0 Å². The highest BCUT2D eigenvalue weighted by atomic mass is 16.5. The molecule has 36 heavy (non-hydrogen) atoms. The third-order valence-electron chi connectivity index (χ3n) is 6.68. The van der Waals surface area contributed by atoms with Gasteiger partial charge < -0.3 is 14.8 Å². The van der Waals surface area contributed by atoms with Crippen LogP contribution in [0.25, 0.3) is 0 Å². The molecule has 0 saturated carbocycles. The number of carbonyl (C=O) groups excluding carboxylic acids is 2. The van der Waals surface area contributed by atoms with E-state index in [1.165, 1.54) is 0 Å². The van der Waals surface area contributed by atoms with Gasteiger partial charge in [0.15, 0.2) is 5.78 Å². The molecule has 0 spiro atoms. The first-order valence-electron chi connectivity index (χ1n) is 12.3. The second-order valence-corrected chi connectivity index (χ2v) is 9.14. The van der Waals surface area contributed by atoms with Crippen LogP contribution in [0.1, 0.15) is 48.8 Å². The van der Waals surface area contributed by atoms with E-state index in [4.69, 9.17) is 9.47 Å². The molecule has 1 aliphatic carbocycles. The van der Waals surface area contributed by atoms with Crippen molar-refractivity contribution < 1.29 is 19.1 Å². The van der Waals surface area contributed by atoms with Gasteiger partial charge in [-0.1, -0.05) is 78.9 Å². The molecule has 1 aliphatic heterocycles. The molecule has 2 aliphatic rings. The molecule has 3 aromatic carbocycles. The van der Waals surface area contributed by atoms with Crippen LogP contribution < -0.4 is 10.1 Å². The number of ether oxygens (including phenoxy) is 2. The molecule has 0 fully saturated rings. The second-order valence-electron chi connectivity index (χ2n) is 9.14. The van der Waals surface area contributed by atoms with Gasteiger partial charge in [0.1, 0.15) is 19.0 Å². The summed E-state index contributed by atoms with van der Waals surface area (Å²) in [6.45, 7) is 2.43. The lowest BCUT2D eigenvalue weighted by Crippen LogP contribution is -2.34. The largest absolute Gasteiger partial charge is 0.489 e. The van der Waals surface area contributed by atoms with Crippen LogP contribution in [0.3, 0.4) is 0 Å². The van der Waals surface area contributed by atoms with Crippen LogP contribution in [0.5, 0.6) is 5.75 Å². The Balaban J connectivity index is 1.51. The Morgan fingerprint density at radius 1 is 0.861 bits per heavy atom. The molecule has 0 saturated heterocycles. The van der Waals surface area contributed by atoms with Gasteiger partial charge in [0.2, 0.25) is 0 Å². The zero-order valence-corrected chi connectivity index (χ0v) is 20.3. The molecule has 5 nitrogen and oxygen atoms in total. The SMILES string of the molecule is CC1=C(C(=O)OCc2ccccc2)C(c2ccccc2OCc2ccccc2)C2=C(CCCC2=O)N1. The van der Waals surface area contributed by atoms with Gasteiger partial charge in [-0.2, -0.15) is 0 Å². The molecule has 182 valence electrons. The van der Waals surface area contributed by atoms with Crippen molar-refractivity contribution in [2.24, 2.45) is 0 Å². The molecule has 0 radical (unpaired) electrons. The van der Waals surface area contributed by atoms with Gasteiger partial charge in [0.05, 0.1) is 11.5 Å². The maximum absolute atomic E-state index is 13.5. The van der Waals surface area contributed by atoms with E-state index >= 15 is 0 Å². The number of ketones is 1. The number of dihydropyridines is 1. The van der Waals surface area contributed by atoms with Crippen molar-refractivity contribution in [3.8, 4) is 5.75 Å². The number of Topliss-reactive ketones (excluding diaryl/α,β-unsaturated/α-hetero) is 1. The minimum atomic E-state index is -0.552. The molecule has 1 unspecified atom stereocenters. The van der Waals surface area contributed by atoms with Gasteiger partial charge in [-0.25, -0.2) is 4.79 Å². The quantitative estimate of drug-likeness (QED) is 0.423. The standard InChI is InChI=1S/C31H29NO4/c1-21-28(31(34)36-20-23-13-6-3-7-14-23)29(30-25(32-21)16-10-17-26(30)33)24-15-8-9-18-27(24)35-19-22-11-4-2-5-12-22/h2-9,11-15,18,29,32H,10,16-17,19-20H2,1H3. The van der Waals surface area contributed by atoms with Gasteiger partial charge in [0.25, 0.3) is 0 Å². The van der Waals surface area contributed by atoms with E-state index in [0.717, 1.165) is 35.2 Å². The summed E-state index contributed by atoms with van der Waals surface area (Å²) in [6, 6.07) is 27.2. The first-order chi connectivity index (χ1) is 17.6. The lowest BCUT2D eigenvalue weighted by Gasteiger charge is -2.34. The van der Waals surface area contributed by atoms with Crippen molar-refractivity contribution in [3.05, 3.63) is 124 Å². The molecule has 5 heteroatoms. The van der Waals surface area contributed by atoms with Gasteiger partial charge in [0, 0.05) is 29.0 Å². The van der Waals surface area contributed by atoms with E-state index < -0.39 is 11.9 Å². The highest BCUT2D eigenvalue weighted by Gasteiger charge is 2.40. The Morgan fingerprint density at radius 3 is 2.22 bits per heavy atom. The van der Waals surface area contributed by atoms with E-state index in [-0.39, 0.29) is 12.4 Å². The predicted molar refractivity (Wildman–Crippen MR) is 138 cm³/mol. The van der Waals surface area contributed by atoms with Crippen LogP contribution >= 0.6 is 0 Å². The number of benzene rings is 3. The average Bonchev–Trinajstić information content (AvgIpc) is 2.91. The number of allylic oxidation sites excluding steroid dienone is 3. The lowest BCUT2D eigenvalue weighted by atomic mass is 9.75. The Kier molecular flexibility index (Phi) is 6.99. The zero-order chi connectivity index (χ0) is 24.9. The molecule has 0 aromatic heterocycles. The van der Waals surface area contributed by atoms with Crippen molar-refractivity contribution in [3.63, 3.8) is 0 Å². The molecular weight excluding hydrogens is 450 g/mol. The number of esters is 1. The molecular formula is C31H29NO4. The van der Waals surface area contributed by atoms with Crippen LogP contribution in [-0.2, 0) is 27.5 Å². The van der Waals surface area contributed by atoms with Crippen molar-refractivity contribution >= 4 is 11.8 Å². The van der Waals surface area contributed by atoms with E-state index in [1.54, 1.807) is 0 Å². The van der Waals surface area contributed by atoms with E-state index in [0.29, 0.717) is 35.6 Å². The first-order valence-corrected chi connectivity index (χ1v) is 12.3. The molecule has 1 N–H and O–H groups in total. The van der Waals surface area contributed by atoms with E-state index in [1.807, 2.05) is 91.9 Å². The third-order valence-corrected chi connectivity index (χ3v) is 6.68. The van der Waals surface area contributed by atoms with Crippen molar-refractivity contribution in [2.45, 2.75) is 45.3 Å². The second kappa shape index (κ2) is 10.6. The fourth-order valence-corrected chi connectivity index (χ4v) is 4.95. The van der Waals surface area contributed by atoms with Crippen molar-refractivity contribution in [2.75, 3.05) is 0 Å². The summed E-state index contributed by atoms with van der Waals surface area (Å²) in [5, 5.41) is 3.35. The topological polar surface area (TPSA) is 64.6 Å². The highest BCUT2D eigenvalue weighted by Crippen LogP contribution is 2.45. The van der Waals surface area contributed by atoms with Crippen LogP contribution in [-0.4, -0.2) is 11.8 Å². The van der Waals surface area contributed by atoms with Crippen LogP contribution in [0.15, 0.2) is 107 Å². The number of hydrogen-bond acceptors (Lipinski definition) is 5. The fraction of sp³-hybridized carbons (Fsp3) is 0.226. The number of rotatable bonds is 7. The van der Waals surface area contributed by atoms with Crippen LogP contribution in [0.4, 0.5) is 0 Å². The minimum Gasteiger partial charge on any atom is -0.489 e. The monoisotopic (exact) mass is 479 g/mol. The fourth-order valence-electron chi connectivity index (χ4n) is 4.95. The Hall–Kier alpha value is -4.12. The molecule has 3 aromatic rings. The molecule has 1 heterocycles. The molecule has 1 atom stereocenters. The van der Waals surface area contributed by atoms with Gasteiger partial charge in [-0.15, -0.1) is 0 Å². The Morgan fingerprint density at radius 2 is 1.50 bits per heavy atom. The third kappa shape index (κ3) is 4.96. The Bertz CT molecular complexity index is 1320. The number of para-hydroxylation sites is 1. The van der Waals surface area contributed by atoms with Crippen molar-refractivity contribution in [1.29, 1.82) is 0 Å². The molecule has 0 amide bonds. The van der Waals surface area contributed by atoms with Gasteiger partial charge in [-0.3, -0.25) is 4.79 Å². The zero-order valence-electron chi connectivity index (χ0n) is 20.3. The summed E-state index contributed by atoms with van der Waals surface area (Å²) in [5.41, 5.74) is 5.45. The summed E-state index contributed by atoms with van der Waals surface area (Å²) in [4.78, 5) is 26.8. The Labute approximate surface area is 211 Å². The van der Waals surface area contributed by atoms with Crippen LogP contribution in [0, 0.1) is 0 Å². The number of nitrogens with one attached hydrogen (secondary N) is 1. The van der Waals surface area contributed by atoms with Gasteiger partial charge in [-0.05, 0) is 37.0 Å². The normalized spacial score (nSPS) is 17.4. The summed E-state index contributed by atoms with van der Waals surface area (Å²) in [5.74, 6) is -0.270. The first kappa shape index (κ1) is 23.6. The summed E-state index contributed by atoms with van der Waals surface area (Å²) in [6.07, 6.45) is 2.04. The molecule has 0 bridgehead atoms. The van der Waals surface area contributed by atoms with Crippen molar-refractivity contribution in [1.82, 2.24) is 5.32 Å². The molecule has 5 rings (SSSR count). The van der Waals surface area contributed by atoms with E-state index in [2.05, 4.69) is 5.32 Å². The maximum atomic E-state index is 13.5. The predicted octanol–water partition coefficient (Wildman–Crippen LogP) is 5.98. The minimum absolute atomic E-state index is 0.0625. The lowest BCUT2D eigenvalue weighted by molar-refractivity contribution is -0.140. The summed E-state index contributed by atoms with van der Waals surface area (Å²) < 4.78 is 12.0. The number of hydrogen-bond donors (Lipinski definition) is 1. The van der Waals surface area contributed by atoms with Gasteiger partial charge >= 0.3 is 5.97 Å². The smallest absolute Gasteiger partial charge is 0.337 e. The summed E-state index contributed by atoms with van der Waals surface area (Å²) in [7, 11) is 0. The maximum Gasteiger partial charge on any atom is 0.337 e.